The van der Waals surface area contributed by atoms with Crippen molar-refractivity contribution in [2.75, 3.05) is 38.7 Å². The quantitative estimate of drug-likeness (QED) is 0.598. The van der Waals surface area contributed by atoms with Gasteiger partial charge in [-0.15, -0.1) is 11.6 Å². The van der Waals surface area contributed by atoms with Crippen LogP contribution in [0.4, 0.5) is 0 Å². The van der Waals surface area contributed by atoms with Gasteiger partial charge in [-0.25, -0.2) is 4.79 Å². The first kappa shape index (κ1) is 16.3. The van der Waals surface area contributed by atoms with Crippen molar-refractivity contribution >= 4 is 22.6 Å². The number of hydrogen-bond acceptors (Lipinski definition) is 3. The molecular weight excluding hydrogens is 314 g/mol. The molecule has 1 aromatic carbocycles. The average Bonchev–Trinajstić information content (AvgIpc) is 2.86. The van der Waals surface area contributed by atoms with E-state index in [2.05, 4.69) is 4.90 Å². The fourth-order valence-electron chi connectivity index (χ4n) is 2.97. The van der Waals surface area contributed by atoms with E-state index >= 15 is 0 Å². The highest BCUT2D eigenvalue weighted by Crippen LogP contribution is 2.13. The monoisotopic (exact) mass is 335 g/mol. The first-order valence-corrected chi connectivity index (χ1v) is 8.54. The van der Waals surface area contributed by atoms with E-state index in [9.17, 15) is 4.79 Å². The van der Waals surface area contributed by atoms with Gasteiger partial charge in [-0.3, -0.25) is 14.0 Å². The molecule has 124 valence electrons. The zero-order chi connectivity index (χ0) is 16.1. The first-order valence-electron chi connectivity index (χ1n) is 8.00. The summed E-state index contributed by atoms with van der Waals surface area (Å²) in [7, 11) is 0. The number of ether oxygens (including phenoxy) is 1. The van der Waals surface area contributed by atoms with E-state index in [0.29, 0.717) is 19.0 Å². The highest BCUT2D eigenvalue weighted by Gasteiger charge is 2.14. The average molecular weight is 336 g/mol. The second-order valence-electron chi connectivity index (χ2n) is 5.61. The number of hydrogen-bond donors (Lipinski definition) is 0. The molecule has 1 saturated heterocycles. The number of alkyl halides is 1. The molecule has 1 aromatic heterocycles. The molecule has 3 rings (SSSR count). The van der Waals surface area contributed by atoms with Gasteiger partial charge >= 0.3 is 5.69 Å². The van der Waals surface area contributed by atoms with Crippen LogP contribution in [-0.2, 0) is 17.8 Å². The Morgan fingerprint density at radius 1 is 1.04 bits per heavy atom. The highest BCUT2D eigenvalue weighted by atomic mass is 35.5. The van der Waals surface area contributed by atoms with Crippen molar-refractivity contribution in [3.05, 3.63) is 46.9 Å². The summed E-state index contributed by atoms with van der Waals surface area (Å²) < 4.78 is 9.05. The van der Waals surface area contributed by atoms with Crippen LogP contribution in [0.15, 0.2) is 41.2 Å². The molecule has 0 bridgehead atoms. The van der Waals surface area contributed by atoms with Gasteiger partial charge in [0.05, 0.1) is 24.2 Å². The number of morpholine rings is 1. The van der Waals surface area contributed by atoms with Gasteiger partial charge in [0.15, 0.2) is 0 Å². The largest absolute Gasteiger partial charge is 0.379 e. The third kappa shape index (κ3) is 3.68. The number of para-hydroxylation sites is 2. The van der Waals surface area contributed by atoms with Crippen molar-refractivity contribution in [1.29, 1.82) is 0 Å². The molecule has 1 aliphatic rings. The van der Waals surface area contributed by atoms with E-state index in [4.69, 9.17) is 16.3 Å². The Balaban J connectivity index is 1.85. The van der Waals surface area contributed by atoms with Crippen LogP contribution in [0, 0.1) is 0 Å². The van der Waals surface area contributed by atoms with Gasteiger partial charge < -0.3 is 4.74 Å². The number of halogens is 1. The summed E-state index contributed by atoms with van der Waals surface area (Å²) in [6.45, 7) is 5.55. The zero-order valence-corrected chi connectivity index (χ0v) is 13.9. The lowest BCUT2D eigenvalue weighted by Gasteiger charge is -2.26. The lowest BCUT2D eigenvalue weighted by atomic mass is 10.3. The van der Waals surface area contributed by atoms with Crippen molar-refractivity contribution in [3.63, 3.8) is 0 Å². The van der Waals surface area contributed by atoms with Crippen molar-refractivity contribution in [2.24, 2.45) is 0 Å². The molecule has 2 aromatic rings. The maximum Gasteiger partial charge on any atom is 0.329 e. The van der Waals surface area contributed by atoms with Crippen molar-refractivity contribution in [1.82, 2.24) is 14.0 Å². The molecule has 2 heterocycles. The minimum absolute atomic E-state index is 0.0404. The van der Waals surface area contributed by atoms with E-state index < -0.39 is 0 Å². The third-order valence-electron chi connectivity index (χ3n) is 4.21. The van der Waals surface area contributed by atoms with Gasteiger partial charge in [-0.05, 0) is 12.1 Å². The summed E-state index contributed by atoms with van der Waals surface area (Å²) in [4.78, 5) is 15.1. The number of nitrogens with zero attached hydrogens (tertiary/aromatic N) is 3. The van der Waals surface area contributed by atoms with Gasteiger partial charge in [0.25, 0.3) is 0 Å². The summed E-state index contributed by atoms with van der Waals surface area (Å²) in [6.07, 6.45) is 3.81. The van der Waals surface area contributed by atoms with Crippen molar-refractivity contribution in [3.8, 4) is 0 Å². The van der Waals surface area contributed by atoms with Crippen LogP contribution >= 0.6 is 11.6 Å². The number of allylic oxidation sites excluding steroid dienone is 2. The van der Waals surface area contributed by atoms with E-state index in [1.807, 2.05) is 41.0 Å². The summed E-state index contributed by atoms with van der Waals surface area (Å²) in [6, 6.07) is 7.95. The van der Waals surface area contributed by atoms with Crippen molar-refractivity contribution < 1.29 is 4.74 Å². The normalized spacial score (nSPS) is 16.6. The van der Waals surface area contributed by atoms with Gasteiger partial charge in [-0.2, -0.15) is 0 Å². The number of benzene rings is 1. The Kier molecular flexibility index (Phi) is 5.54. The van der Waals surface area contributed by atoms with E-state index in [0.717, 1.165) is 43.9 Å². The van der Waals surface area contributed by atoms with Crippen molar-refractivity contribution in [2.45, 2.75) is 13.1 Å². The Morgan fingerprint density at radius 2 is 1.74 bits per heavy atom. The lowest BCUT2D eigenvalue weighted by molar-refractivity contribution is 0.0364. The minimum atomic E-state index is 0.0404. The molecular formula is C17H22ClN3O2. The smallest absolute Gasteiger partial charge is 0.329 e. The van der Waals surface area contributed by atoms with Gasteiger partial charge in [0, 0.05) is 38.6 Å². The summed E-state index contributed by atoms with van der Waals surface area (Å²) >= 11 is 5.67. The van der Waals surface area contributed by atoms with Gasteiger partial charge in [0.1, 0.15) is 0 Å². The molecule has 6 heteroatoms. The molecule has 23 heavy (non-hydrogen) atoms. The Labute approximate surface area is 140 Å². The number of aromatic nitrogens is 2. The van der Waals surface area contributed by atoms with Gasteiger partial charge in [-0.1, -0.05) is 24.3 Å². The number of fused-ring (bicyclic) bond motifs is 1. The van der Waals surface area contributed by atoms with E-state index in [1.165, 1.54) is 0 Å². The summed E-state index contributed by atoms with van der Waals surface area (Å²) in [5, 5.41) is 0. The molecule has 0 saturated carbocycles. The second kappa shape index (κ2) is 7.81. The Hall–Kier alpha value is -1.56. The molecule has 0 N–H and O–H groups in total. The molecule has 0 unspecified atom stereocenters. The second-order valence-corrected chi connectivity index (χ2v) is 5.92. The predicted molar refractivity (Wildman–Crippen MR) is 93.3 cm³/mol. The van der Waals surface area contributed by atoms with Crippen LogP contribution in [0.2, 0.25) is 0 Å². The Morgan fingerprint density at radius 3 is 2.43 bits per heavy atom. The van der Waals surface area contributed by atoms with Crippen LogP contribution in [0.25, 0.3) is 11.0 Å². The predicted octanol–water partition coefficient (Wildman–Crippen LogP) is 1.93. The molecule has 1 fully saturated rings. The zero-order valence-electron chi connectivity index (χ0n) is 13.2. The molecule has 1 aliphatic heterocycles. The maximum atomic E-state index is 12.8. The molecule has 5 nitrogen and oxygen atoms in total. The SMILES string of the molecule is O=c1n(CC=CCCl)c2ccccc2n1CCN1CCOCC1. The highest BCUT2D eigenvalue weighted by molar-refractivity contribution is 6.18. The molecule has 0 radical (unpaired) electrons. The fraction of sp³-hybridized carbons (Fsp3) is 0.471. The van der Waals surface area contributed by atoms with E-state index in [1.54, 1.807) is 4.57 Å². The molecule has 0 spiro atoms. The lowest BCUT2D eigenvalue weighted by Crippen LogP contribution is -2.39. The van der Waals surface area contributed by atoms with E-state index in [-0.39, 0.29) is 5.69 Å². The number of rotatable bonds is 6. The van der Waals surface area contributed by atoms with Crippen LogP contribution in [0.3, 0.4) is 0 Å². The van der Waals surface area contributed by atoms with Crippen LogP contribution < -0.4 is 5.69 Å². The topological polar surface area (TPSA) is 39.4 Å². The first-order chi connectivity index (χ1) is 11.3. The standard InChI is InChI=1S/C17H22ClN3O2/c18-7-3-4-8-20-15-5-1-2-6-16(15)21(17(20)22)10-9-19-11-13-23-14-12-19/h1-6H,7-14H2. The van der Waals surface area contributed by atoms with Crippen LogP contribution in [0.1, 0.15) is 0 Å². The molecule has 0 amide bonds. The third-order valence-corrected chi connectivity index (χ3v) is 4.39. The molecule has 0 atom stereocenters. The Bertz CT molecular complexity index is 729. The fourth-order valence-corrected chi connectivity index (χ4v) is 3.10. The summed E-state index contributed by atoms with van der Waals surface area (Å²) in [5.41, 5.74) is 2.00. The van der Waals surface area contributed by atoms with Gasteiger partial charge in [0.2, 0.25) is 0 Å². The number of imidazole rings is 1. The minimum Gasteiger partial charge on any atom is -0.379 e. The maximum absolute atomic E-state index is 12.8. The molecule has 0 aliphatic carbocycles. The van der Waals surface area contributed by atoms with Crippen LogP contribution in [-0.4, -0.2) is 52.8 Å². The van der Waals surface area contributed by atoms with Crippen LogP contribution in [0.5, 0.6) is 0 Å². The summed E-state index contributed by atoms with van der Waals surface area (Å²) in [5.74, 6) is 0.463.